The number of benzene rings is 2. The summed E-state index contributed by atoms with van der Waals surface area (Å²) in [6, 6.07) is 11.8. The zero-order valence-electron chi connectivity index (χ0n) is 18.0. The number of ether oxygens (including phenoxy) is 3. The molecule has 1 saturated heterocycles. The normalized spacial score (nSPS) is 18.1. The monoisotopic (exact) mass is 513 g/mol. The highest BCUT2D eigenvalue weighted by molar-refractivity contribution is 9.10. The minimum Gasteiger partial charge on any atom is -0.493 e. The maximum Gasteiger partial charge on any atom is 0.419 e. The van der Waals surface area contributed by atoms with Gasteiger partial charge < -0.3 is 19.9 Å². The van der Waals surface area contributed by atoms with Gasteiger partial charge in [-0.15, -0.1) is 0 Å². The average Bonchev–Trinajstić information content (AvgIpc) is 2.72. The zero-order valence-corrected chi connectivity index (χ0v) is 19.6. The molecule has 0 amide bonds. The Kier molecular flexibility index (Phi) is 7.70. The van der Waals surface area contributed by atoms with Crippen molar-refractivity contribution in [1.82, 2.24) is 0 Å². The van der Waals surface area contributed by atoms with Gasteiger partial charge in [0.15, 0.2) is 5.79 Å². The van der Waals surface area contributed by atoms with Crippen molar-refractivity contribution in [3.05, 3.63) is 69.7 Å². The van der Waals surface area contributed by atoms with Crippen molar-refractivity contribution in [1.29, 1.82) is 0 Å². The van der Waals surface area contributed by atoms with Gasteiger partial charge in [-0.05, 0) is 62.1 Å². The summed E-state index contributed by atoms with van der Waals surface area (Å²) < 4.78 is 58.5. The fraction of sp³-hybridized carbons (Fsp3) is 0.417. The standard InChI is InChI=1S/C24H27BrF3NO3/c1-22(2)31-15-23(29,16-32-22)11-10-18-8-9-21(20(14-18)24(26,27)28)30-12-4-6-17-5-3-7-19(25)13-17/h3,5,7-11,13-14H,4,6,12,15-16,29H2,1-2H3/b11-10+. The van der Waals surface area contributed by atoms with Gasteiger partial charge in [0.2, 0.25) is 0 Å². The second-order valence-electron chi connectivity index (χ2n) is 8.38. The fourth-order valence-corrected chi connectivity index (χ4v) is 3.65. The predicted molar refractivity (Wildman–Crippen MR) is 121 cm³/mol. The summed E-state index contributed by atoms with van der Waals surface area (Å²) >= 11 is 3.41. The summed E-state index contributed by atoms with van der Waals surface area (Å²) in [5, 5.41) is 0. The van der Waals surface area contributed by atoms with E-state index in [0.29, 0.717) is 18.4 Å². The zero-order chi connectivity index (χ0) is 23.4. The van der Waals surface area contributed by atoms with Crippen molar-refractivity contribution in [2.24, 2.45) is 5.73 Å². The molecule has 0 radical (unpaired) electrons. The van der Waals surface area contributed by atoms with Crippen LogP contribution < -0.4 is 10.5 Å². The van der Waals surface area contributed by atoms with Crippen LogP contribution in [-0.4, -0.2) is 31.1 Å². The minimum absolute atomic E-state index is 0.182. The molecule has 2 aromatic carbocycles. The van der Waals surface area contributed by atoms with Crippen LogP contribution in [0.3, 0.4) is 0 Å². The van der Waals surface area contributed by atoms with Crippen molar-refractivity contribution in [3.8, 4) is 5.75 Å². The van der Waals surface area contributed by atoms with E-state index in [2.05, 4.69) is 15.9 Å². The Balaban J connectivity index is 1.65. The van der Waals surface area contributed by atoms with Crippen LogP contribution in [0, 0.1) is 0 Å². The van der Waals surface area contributed by atoms with E-state index in [1.54, 1.807) is 32.1 Å². The van der Waals surface area contributed by atoms with Crippen molar-refractivity contribution in [2.45, 2.75) is 44.2 Å². The average molecular weight is 514 g/mol. The quantitative estimate of drug-likeness (QED) is 0.463. The van der Waals surface area contributed by atoms with E-state index in [-0.39, 0.29) is 25.6 Å². The Morgan fingerprint density at radius 3 is 2.50 bits per heavy atom. The smallest absolute Gasteiger partial charge is 0.419 e. The molecule has 32 heavy (non-hydrogen) atoms. The molecular formula is C24H27BrF3NO3. The minimum atomic E-state index is -4.54. The van der Waals surface area contributed by atoms with Crippen molar-refractivity contribution in [3.63, 3.8) is 0 Å². The van der Waals surface area contributed by atoms with E-state index in [1.165, 1.54) is 6.07 Å². The van der Waals surface area contributed by atoms with E-state index in [4.69, 9.17) is 19.9 Å². The number of aryl methyl sites for hydroxylation is 1. The topological polar surface area (TPSA) is 53.7 Å². The van der Waals surface area contributed by atoms with E-state index in [9.17, 15) is 13.2 Å². The van der Waals surface area contributed by atoms with Gasteiger partial charge in [0, 0.05) is 4.47 Å². The first kappa shape index (κ1) is 24.8. The van der Waals surface area contributed by atoms with Crippen LogP contribution in [0.25, 0.3) is 6.08 Å². The molecule has 1 aliphatic rings. The molecule has 3 rings (SSSR count). The summed E-state index contributed by atoms with van der Waals surface area (Å²) in [7, 11) is 0. The molecule has 1 heterocycles. The van der Waals surface area contributed by atoms with Crippen LogP contribution in [0.5, 0.6) is 5.75 Å². The van der Waals surface area contributed by atoms with E-state index in [1.807, 2.05) is 24.3 Å². The van der Waals surface area contributed by atoms with Gasteiger partial charge in [-0.1, -0.05) is 46.3 Å². The number of hydrogen-bond acceptors (Lipinski definition) is 4. The lowest BCUT2D eigenvalue weighted by molar-refractivity contribution is -0.260. The van der Waals surface area contributed by atoms with Crippen LogP contribution in [-0.2, 0) is 22.1 Å². The van der Waals surface area contributed by atoms with Crippen LogP contribution in [0.15, 0.2) is 53.0 Å². The largest absolute Gasteiger partial charge is 0.493 e. The van der Waals surface area contributed by atoms with Crippen LogP contribution >= 0.6 is 15.9 Å². The first-order valence-electron chi connectivity index (χ1n) is 10.3. The fourth-order valence-electron chi connectivity index (χ4n) is 3.21. The predicted octanol–water partition coefficient (Wildman–Crippen LogP) is 5.97. The molecule has 1 aliphatic heterocycles. The molecule has 2 N–H and O–H groups in total. The molecule has 4 nitrogen and oxygen atoms in total. The van der Waals surface area contributed by atoms with Crippen LogP contribution in [0.4, 0.5) is 13.2 Å². The third-order valence-electron chi connectivity index (χ3n) is 5.05. The first-order valence-corrected chi connectivity index (χ1v) is 11.1. The third kappa shape index (κ3) is 7.07. The molecule has 0 atom stereocenters. The maximum atomic E-state index is 13.6. The summed E-state index contributed by atoms with van der Waals surface area (Å²) in [6.07, 6.45) is -0.0544. The lowest BCUT2D eigenvalue weighted by Crippen LogP contribution is -2.55. The van der Waals surface area contributed by atoms with Gasteiger partial charge in [0.05, 0.1) is 30.9 Å². The number of rotatable bonds is 7. The highest BCUT2D eigenvalue weighted by atomic mass is 79.9. The van der Waals surface area contributed by atoms with Gasteiger partial charge in [-0.25, -0.2) is 0 Å². The molecule has 8 heteroatoms. The van der Waals surface area contributed by atoms with Gasteiger partial charge in [-0.3, -0.25) is 0 Å². The SMILES string of the molecule is CC1(C)OCC(N)(/C=C/c2ccc(OCCCc3cccc(Br)c3)c(C(F)(F)F)c2)CO1. The molecule has 174 valence electrons. The van der Waals surface area contributed by atoms with Crippen molar-refractivity contribution in [2.75, 3.05) is 19.8 Å². The molecule has 0 spiro atoms. The molecule has 1 fully saturated rings. The van der Waals surface area contributed by atoms with Gasteiger partial charge in [0.1, 0.15) is 5.75 Å². The van der Waals surface area contributed by atoms with Crippen LogP contribution in [0.2, 0.25) is 0 Å². The molecule has 0 bridgehead atoms. The number of nitrogens with two attached hydrogens (primary N) is 1. The van der Waals surface area contributed by atoms with Crippen LogP contribution in [0.1, 0.15) is 37.0 Å². The second kappa shape index (κ2) is 9.95. The first-order chi connectivity index (χ1) is 15.0. The highest BCUT2D eigenvalue weighted by Gasteiger charge is 2.36. The van der Waals surface area contributed by atoms with Crippen molar-refractivity contribution < 1.29 is 27.4 Å². The Hall–Kier alpha value is -1.87. The number of halogens is 4. The third-order valence-corrected chi connectivity index (χ3v) is 5.54. The highest BCUT2D eigenvalue weighted by Crippen LogP contribution is 2.37. The summed E-state index contributed by atoms with van der Waals surface area (Å²) in [6.45, 7) is 4.16. The molecule has 0 unspecified atom stereocenters. The molecule has 2 aromatic rings. The van der Waals surface area contributed by atoms with E-state index in [0.717, 1.165) is 16.1 Å². The summed E-state index contributed by atoms with van der Waals surface area (Å²) in [5.74, 6) is -0.909. The van der Waals surface area contributed by atoms with E-state index < -0.39 is 23.1 Å². The molecule has 0 aliphatic carbocycles. The lowest BCUT2D eigenvalue weighted by atomic mass is 9.99. The summed E-state index contributed by atoms with van der Waals surface area (Å²) in [4.78, 5) is 0. The Bertz CT molecular complexity index is 950. The number of alkyl halides is 3. The second-order valence-corrected chi connectivity index (χ2v) is 9.29. The van der Waals surface area contributed by atoms with Crippen molar-refractivity contribution >= 4 is 22.0 Å². The number of hydrogen-bond donors (Lipinski definition) is 1. The molecule has 0 saturated carbocycles. The Morgan fingerprint density at radius 1 is 1.12 bits per heavy atom. The molecule has 0 aromatic heterocycles. The lowest BCUT2D eigenvalue weighted by Gasteiger charge is -2.39. The summed E-state index contributed by atoms with van der Waals surface area (Å²) in [5.41, 5.74) is 5.97. The molecular weight excluding hydrogens is 487 g/mol. The van der Waals surface area contributed by atoms with Gasteiger partial charge in [-0.2, -0.15) is 13.2 Å². The maximum absolute atomic E-state index is 13.6. The van der Waals surface area contributed by atoms with Gasteiger partial charge in [0.25, 0.3) is 0 Å². The Morgan fingerprint density at radius 2 is 1.84 bits per heavy atom. The van der Waals surface area contributed by atoms with E-state index >= 15 is 0 Å². The Labute approximate surface area is 194 Å². The van der Waals surface area contributed by atoms with Gasteiger partial charge >= 0.3 is 6.18 Å².